The van der Waals surface area contributed by atoms with Crippen LogP contribution in [0.5, 0.6) is 11.5 Å². The van der Waals surface area contributed by atoms with Gasteiger partial charge in [0.05, 0.1) is 10.8 Å². The Balaban J connectivity index is 0.000000234. The van der Waals surface area contributed by atoms with Gasteiger partial charge in [-0.25, -0.2) is 0 Å². The van der Waals surface area contributed by atoms with Gasteiger partial charge in [-0.1, -0.05) is 131 Å². The average Bonchev–Trinajstić information content (AvgIpc) is 4.26. The van der Waals surface area contributed by atoms with Crippen LogP contribution >= 0.6 is 0 Å². The molecule has 1 aliphatic rings. The first-order chi connectivity index (χ1) is 36.8. The van der Waals surface area contributed by atoms with Gasteiger partial charge in [0.2, 0.25) is 11.9 Å². The number of nitrogens with one attached hydrogen (secondary N) is 1. The minimum absolute atomic E-state index is 0.0461. The van der Waals surface area contributed by atoms with Crippen molar-refractivity contribution in [3.8, 4) is 17.6 Å². The van der Waals surface area contributed by atoms with E-state index in [0.717, 1.165) is 49.2 Å². The molecule has 1 fully saturated rings. The number of aromatic nitrogens is 6. The van der Waals surface area contributed by atoms with Gasteiger partial charge in [0, 0.05) is 35.5 Å². The third-order valence-corrected chi connectivity index (χ3v) is 14.1. The summed E-state index contributed by atoms with van der Waals surface area (Å²) in [5.74, 6) is 1.23. The number of rotatable bonds is 18. The summed E-state index contributed by atoms with van der Waals surface area (Å²) in [4.78, 5) is 8.92. The number of hydrogen-bond donors (Lipinski definition) is 1. The molecule has 414 valence electrons. The predicted molar refractivity (Wildman–Crippen MR) is 284 cm³/mol. The molecular formula is C55H68F6N10O5Sn. The average molecular weight is 1180 g/mol. The number of fused-ring (bicyclic) bond motifs is 2. The number of H-pyrrole nitrogens is 1. The monoisotopic (exact) mass is 1180 g/mol. The molecule has 0 amide bonds. The van der Waals surface area contributed by atoms with Gasteiger partial charge in [0.15, 0.2) is 28.7 Å². The van der Waals surface area contributed by atoms with Crippen LogP contribution in [0, 0.1) is 11.3 Å². The Morgan fingerprint density at radius 1 is 0.701 bits per heavy atom. The van der Waals surface area contributed by atoms with E-state index < -0.39 is 54.6 Å². The zero-order chi connectivity index (χ0) is 56.3. The van der Waals surface area contributed by atoms with Gasteiger partial charge < -0.3 is 23.3 Å². The number of aryl methyl sites for hydroxylation is 6. The molecule has 8 rings (SSSR count). The van der Waals surface area contributed by atoms with Gasteiger partial charge in [-0.15, -0.1) is 10.2 Å². The quantitative estimate of drug-likeness (QED) is 0.0281. The van der Waals surface area contributed by atoms with Gasteiger partial charge in [-0.3, -0.25) is 0 Å². The molecule has 77 heavy (non-hydrogen) atoms. The maximum atomic E-state index is 13.6. The number of tetrazole rings is 1. The van der Waals surface area contributed by atoms with E-state index in [0.29, 0.717) is 90.1 Å². The van der Waals surface area contributed by atoms with Crippen molar-refractivity contribution in [2.75, 3.05) is 13.2 Å². The van der Waals surface area contributed by atoms with Gasteiger partial charge >= 0.3 is 59.6 Å². The fourth-order valence-corrected chi connectivity index (χ4v) is 9.16. The van der Waals surface area contributed by atoms with Crippen molar-refractivity contribution in [1.29, 1.82) is 5.26 Å². The number of azide groups is 1. The van der Waals surface area contributed by atoms with Crippen LogP contribution in [0.1, 0.15) is 154 Å². The van der Waals surface area contributed by atoms with Crippen LogP contribution in [0.2, 0.25) is 14.8 Å². The molecule has 3 aromatic heterocycles. The van der Waals surface area contributed by atoms with Gasteiger partial charge in [-0.2, -0.15) is 36.8 Å². The summed E-state index contributed by atoms with van der Waals surface area (Å²) in [6, 6.07) is 20.6. The van der Waals surface area contributed by atoms with Crippen molar-refractivity contribution in [3.63, 3.8) is 0 Å². The molecule has 22 heteroatoms. The standard InChI is InChI=1S/C24H26F3N5O2.C24H25F3N2O2.C4H8O.3CH3.N3.Sn/c1-4-7-16-13-18-21(34-30-22(18)24(25,26)27)17(8-5-2)19(16)33-20(23-28-31-32-29-23)15-11-9-14(6-3)10-12-15;1-4-7-17-13-19-22(31-29-23(19)24(25,26)27)18(8-5-2)21(17)30-20(14-28)16-11-9-15(6-3)10-12-16;1-2-4-5-3-1;;;;1-3-2;/h9-13,20H,4-8H2,1-3H3,(H,28,29,31,32);9-13,20H,4-8H2,1-3H3;1-4H2;3*1H3;;/q;;;;;;-1;+1. The Morgan fingerprint density at radius 3 is 1.49 bits per heavy atom. The molecule has 1 N–H and O–H groups in total. The van der Waals surface area contributed by atoms with Crippen LogP contribution in [0.25, 0.3) is 32.4 Å². The van der Waals surface area contributed by atoms with Crippen molar-refractivity contribution in [1.82, 2.24) is 30.9 Å². The SMILES string of the molecule is C1CCOC1.CCCc1cc2c(C(F)(F)F)noc2c(CCC)c1OC(C#N)c1ccc(CC)cc1.CCCc1cc2c(C(F)(F)F)noc2c(CCC)c1OC(c1ccc(CC)cc1)c1nn[nH]n1.[CH3][Sn]([CH3])([CH3])[N]=[N+]=[N-]. The second-order valence-electron chi connectivity index (χ2n) is 19.3. The summed E-state index contributed by atoms with van der Waals surface area (Å²) >= 11 is -2.07. The predicted octanol–water partition coefficient (Wildman–Crippen LogP) is 15.9. The van der Waals surface area contributed by atoms with Crippen LogP contribution in [0.4, 0.5) is 26.3 Å². The van der Waals surface area contributed by atoms with Crippen molar-refractivity contribution in [2.24, 2.45) is 3.34 Å². The van der Waals surface area contributed by atoms with E-state index in [4.69, 9.17) is 28.8 Å². The van der Waals surface area contributed by atoms with Crippen LogP contribution in [-0.4, -0.2) is 62.8 Å². The molecule has 2 unspecified atom stereocenters. The zero-order valence-electron chi connectivity index (χ0n) is 45.2. The zero-order valence-corrected chi connectivity index (χ0v) is 48.0. The molecule has 0 radical (unpaired) electrons. The van der Waals surface area contributed by atoms with Crippen molar-refractivity contribution in [2.45, 2.75) is 158 Å². The number of nitrogens with zero attached hydrogens (tertiary/aromatic N) is 9. The molecule has 0 bridgehead atoms. The number of aromatic amines is 1. The van der Waals surface area contributed by atoms with Crippen molar-refractivity contribution >= 4 is 40.6 Å². The number of benzene rings is 4. The topological polar surface area (TPSA) is 207 Å². The van der Waals surface area contributed by atoms with Crippen LogP contribution in [0.3, 0.4) is 0 Å². The number of alkyl halides is 6. The number of halogens is 6. The first-order valence-electron chi connectivity index (χ1n) is 26.1. The van der Waals surface area contributed by atoms with Crippen LogP contribution in [0.15, 0.2) is 73.0 Å². The summed E-state index contributed by atoms with van der Waals surface area (Å²) < 4.78 is 113. The Hall–Kier alpha value is -6.37. The van der Waals surface area contributed by atoms with E-state index in [2.05, 4.69) is 67.0 Å². The molecule has 0 aliphatic carbocycles. The van der Waals surface area contributed by atoms with E-state index in [1.807, 2.05) is 83.1 Å². The van der Waals surface area contributed by atoms with Gasteiger partial charge in [0.1, 0.15) is 17.6 Å². The normalized spacial score (nSPS) is 13.3. The van der Waals surface area contributed by atoms with Crippen molar-refractivity contribution < 1.29 is 49.6 Å². The Kier molecular flexibility index (Phi) is 23.0. The summed E-state index contributed by atoms with van der Waals surface area (Å²) in [5.41, 5.74) is 12.2. The number of ether oxygens (including phenoxy) is 3. The fourth-order valence-electron chi connectivity index (χ4n) is 8.39. The first-order valence-corrected chi connectivity index (χ1v) is 35.9. The summed E-state index contributed by atoms with van der Waals surface area (Å²) in [5, 5.41) is 30.7. The Labute approximate surface area is 449 Å². The van der Waals surface area contributed by atoms with Gasteiger partial charge in [0.25, 0.3) is 0 Å². The Bertz CT molecular complexity index is 3020. The molecule has 2 atom stereocenters. The molecule has 4 heterocycles. The first kappa shape index (κ1) is 61.5. The van der Waals surface area contributed by atoms with Gasteiger partial charge in [-0.05, 0) is 85.8 Å². The molecule has 0 saturated carbocycles. The number of hydrogen-bond acceptors (Lipinski definition) is 12. The van der Waals surface area contributed by atoms with Crippen LogP contribution < -0.4 is 9.47 Å². The second kappa shape index (κ2) is 28.8. The van der Waals surface area contributed by atoms with E-state index in [9.17, 15) is 31.6 Å². The Morgan fingerprint density at radius 2 is 1.16 bits per heavy atom. The summed E-state index contributed by atoms with van der Waals surface area (Å²) in [6.45, 7) is 13.9. The minimum atomic E-state index is -4.62. The number of nitriles is 1. The second-order valence-corrected chi connectivity index (χ2v) is 32.2. The summed E-state index contributed by atoms with van der Waals surface area (Å²) in [6.07, 6.45) is -1.78. The molecular weight excluding hydrogens is 1110 g/mol. The molecule has 1 saturated heterocycles. The third-order valence-electron chi connectivity index (χ3n) is 12.1. The van der Waals surface area contributed by atoms with E-state index in [1.165, 1.54) is 25.0 Å². The molecule has 0 spiro atoms. The maximum absolute atomic E-state index is 13.6. The van der Waals surface area contributed by atoms with E-state index in [-0.39, 0.29) is 21.9 Å². The van der Waals surface area contributed by atoms with Crippen LogP contribution in [-0.2, 0) is 55.6 Å². The van der Waals surface area contributed by atoms with E-state index in [1.54, 1.807) is 0 Å². The fraction of sp³-hybridized carbons (Fsp3) is 0.491. The van der Waals surface area contributed by atoms with E-state index >= 15 is 0 Å². The molecule has 7 aromatic rings. The molecule has 1 aliphatic heterocycles. The third kappa shape index (κ3) is 16.8. The van der Waals surface area contributed by atoms with Crippen molar-refractivity contribution in [3.05, 3.63) is 133 Å². The molecule has 15 nitrogen and oxygen atoms in total. The molecule has 4 aromatic carbocycles. The summed E-state index contributed by atoms with van der Waals surface area (Å²) in [7, 11) is 0.